The molecule has 88 valence electrons. The standard InChI is InChI=1S/C11H16N2O3/c1-15-9(14)8-3-2-5-13(8)10-11(12-10)4-6-16-7-11/h8H,2-7H2,1H3/t8-,11?/m0/s1. The van der Waals surface area contributed by atoms with Crippen molar-refractivity contribution in [1.29, 1.82) is 0 Å². The van der Waals surface area contributed by atoms with Crippen LogP contribution in [0.25, 0.3) is 0 Å². The molecule has 5 nitrogen and oxygen atoms in total. The zero-order valence-corrected chi connectivity index (χ0v) is 9.44. The van der Waals surface area contributed by atoms with Gasteiger partial charge >= 0.3 is 5.97 Å². The van der Waals surface area contributed by atoms with E-state index >= 15 is 0 Å². The van der Waals surface area contributed by atoms with Gasteiger partial charge in [0.1, 0.15) is 17.4 Å². The average Bonchev–Trinajstić information content (AvgIpc) is 2.73. The number of ether oxygens (including phenoxy) is 2. The van der Waals surface area contributed by atoms with E-state index in [1.54, 1.807) is 0 Å². The maximum absolute atomic E-state index is 11.6. The van der Waals surface area contributed by atoms with E-state index < -0.39 is 0 Å². The first-order valence-corrected chi connectivity index (χ1v) is 5.79. The third-order valence-electron chi connectivity index (χ3n) is 3.69. The van der Waals surface area contributed by atoms with E-state index in [0.717, 1.165) is 38.2 Å². The third kappa shape index (κ3) is 1.34. The number of likely N-dealkylation sites (tertiary alicyclic amines) is 1. The summed E-state index contributed by atoms with van der Waals surface area (Å²) in [6, 6.07) is -0.122. The van der Waals surface area contributed by atoms with E-state index in [0.29, 0.717) is 6.61 Å². The molecule has 3 heterocycles. The normalized spacial score (nSPS) is 36.7. The molecule has 5 heteroatoms. The lowest BCUT2D eigenvalue weighted by Gasteiger charge is -2.22. The molecule has 2 atom stereocenters. The lowest BCUT2D eigenvalue weighted by atomic mass is 10.1. The summed E-state index contributed by atoms with van der Waals surface area (Å²) >= 11 is 0. The van der Waals surface area contributed by atoms with Crippen LogP contribution in [0.5, 0.6) is 0 Å². The van der Waals surface area contributed by atoms with Crippen molar-refractivity contribution in [3.63, 3.8) is 0 Å². The minimum absolute atomic E-state index is 0.0728. The Balaban J connectivity index is 1.71. The molecule has 2 saturated heterocycles. The van der Waals surface area contributed by atoms with Gasteiger partial charge < -0.3 is 14.4 Å². The molecule has 16 heavy (non-hydrogen) atoms. The number of carbonyl (C=O) groups excluding carboxylic acids is 1. The van der Waals surface area contributed by atoms with Gasteiger partial charge in [0, 0.05) is 19.6 Å². The molecule has 3 aliphatic heterocycles. The minimum Gasteiger partial charge on any atom is -0.467 e. The number of hydrogen-bond donors (Lipinski definition) is 0. The van der Waals surface area contributed by atoms with Crippen molar-refractivity contribution in [3.05, 3.63) is 0 Å². The molecule has 0 aromatic heterocycles. The van der Waals surface area contributed by atoms with E-state index in [-0.39, 0.29) is 17.6 Å². The van der Waals surface area contributed by atoms with Crippen LogP contribution >= 0.6 is 0 Å². The lowest BCUT2D eigenvalue weighted by Crippen LogP contribution is -2.42. The lowest BCUT2D eigenvalue weighted by molar-refractivity contribution is -0.144. The molecule has 0 N–H and O–H groups in total. The third-order valence-corrected chi connectivity index (χ3v) is 3.69. The van der Waals surface area contributed by atoms with Gasteiger partial charge in [-0.05, 0) is 12.8 Å². The number of esters is 1. The van der Waals surface area contributed by atoms with E-state index in [2.05, 4.69) is 9.89 Å². The van der Waals surface area contributed by atoms with E-state index in [4.69, 9.17) is 9.47 Å². The maximum Gasteiger partial charge on any atom is 0.328 e. The van der Waals surface area contributed by atoms with Gasteiger partial charge in [0.05, 0.1) is 13.7 Å². The topological polar surface area (TPSA) is 51.1 Å². The molecule has 0 amide bonds. The molecule has 3 rings (SSSR count). The number of nitrogens with zero attached hydrogens (tertiary/aromatic N) is 2. The van der Waals surface area contributed by atoms with Crippen molar-refractivity contribution in [2.24, 2.45) is 4.99 Å². The number of carbonyl (C=O) groups is 1. The number of amidine groups is 1. The highest BCUT2D eigenvalue weighted by Gasteiger charge is 2.55. The molecule has 1 unspecified atom stereocenters. The number of hydrogen-bond acceptors (Lipinski definition) is 5. The van der Waals surface area contributed by atoms with E-state index in [1.807, 2.05) is 0 Å². The molecule has 0 aromatic carbocycles. The van der Waals surface area contributed by atoms with Gasteiger partial charge in [-0.3, -0.25) is 4.99 Å². The Morgan fingerprint density at radius 2 is 2.56 bits per heavy atom. The van der Waals surface area contributed by atoms with Gasteiger partial charge in [-0.2, -0.15) is 0 Å². The summed E-state index contributed by atoms with van der Waals surface area (Å²) in [6.07, 6.45) is 2.88. The van der Waals surface area contributed by atoms with Crippen LogP contribution in [-0.2, 0) is 14.3 Å². The maximum atomic E-state index is 11.6. The smallest absolute Gasteiger partial charge is 0.328 e. The molecular formula is C11H16N2O3. The molecule has 1 spiro atoms. The first-order valence-electron chi connectivity index (χ1n) is 5.79. The second kappa shape index (κ2) is 3.45. The average molecular weight is 224 g/mol. The zero-order valence-electron chi connectivity index (χ0n) is 9.44. The molecule has 0 aliphatic carbocycles. The second-order valence-corrected chi connectivity index (χ2v) is 4.64. The molecule has 0 saturated carbocycles. The Kier molecular flexibility index (Phi) is 2.17. The van der Waals surface area contributed by atoms with Crippen LogP contribution in [0, 0.1) is 0 Å². The summed E-state index contributed by atoms with van der Waals surface area (Å²) in [5.74, 6) is 0.930. The Labute approximate surface area is 94.4 Å². The van der Waals surface area contributed by atoms with Gasteiger partial charge in [-0.25, -0.2) is 4.79 Å². The van der Waals surface area contributed by atoms with Crippen molar-refractivity contribution >= 4 is 11.8 Å². The van der Waals surface area contributed by atoms with Crippen molar-refractivity contribution in [2.45, 2.75) is 30.8 Å². The van der Waals surface area contributed by atoms with E-state index in [1.165, 1.54) is 7.11 Å². The van der Waals surface area contributed by atoms with Crippen LogP contribution < -0.4 is 0 Å². The summed E-state index contributed by atoms with van der Waals surface area (Å²) in [5, 5.41) is 0. The minimum atomic E-state index is -0.138. The molecule has 0 radical (unpaired) electrons. The summed E-state index contributed by atoms with van der Waals surface area (Å²) < 4.78 is 10.2. The largest absolute Gasteiger partial charge is 0.467 e. The van der Waals surface area contributed by atoms with Gasteiger partial charge in [-0.1, -0.05) is 0 Å². The van der Waals surface area contributed by atoms with Crippen LogP contribution in [0.4, 0.5) is 0 Å². The van der Waals surface area contributed by atoms with Crippen molar-refractivity contribution < 1.29 is 14.3 Å². The molecule has 3 aliphatic rings. The number of rotatable bonds is 1. The van der Waals surface area contributed by atoms with Crippen LogP contribution in [0.2, 0.25) is 0 Å². The van der Waals surface area contributed by atoms with Gasteiger partial charge in [-0.15, -0.1) is 0 Å². The highest BCUT2D eigenvalue weighted by molar-refractivity contribution is 6.05. The highest BCUT2D eigenvalue weighted by Crippen LogP contribution is 2.40. The summed E-state index contributed by atoms with van der Waals surface area (Å²) in [7, 11) is 1.45. The molecule has 0 bridgehead atoms. The van der Waals surface area contributed by atoms with E-state index in [9.17, 15) is 4.79 Å². The van der Waals surface area contributed by atoms with Crippen LogP contribution in [0.15, 0.2) is 4.99 Å². The second-order valence-electron chi connectivity index (χ2n) is 4.64. The Bertz CT molecular complexity index is 347. The SMILES string of the molecule is COC(=O)[C@@H]1CCCN1C1=NC12CCOC2. The first-order chi connectivity index (χ1) is 7.77. The summed E-state index contributed by atoms with van der Waals surface area (Å²) in [6.45, 7) is 2.39. The van der Waals surface area contributed by atoms with Crippen molar-refractivity contribution in [2.75, 3.05) is 26.9 Å². The van der Waals surface area contributed by atoms with Crippen molar-refractivity contribution in [3.8, 4) is 0 Å². The predicted octanol–water partition coefficient (Wildman–Crippen LogP) is 0.195. The van der Waals surface area contributed by atoms with Gasteiger partial charge in [0.25, 0.3) is 0 Å². The highest BCUT2D eigenvalue weighted by atomic mass is 16.5. The number of aliphatic imine (C=N–C) groups is 1. The fourth-order valence-electron chi connectivity index (χ4n) is 2.73. The van der Waals surface area contributed by atoms with Crippen molar-refractivity contribution in [1.82, 2.24) is 4.90 Å². The van der Waals surface area contributed by atoms with Crippen LogP contribution in [0.3, 0.4) is 0 Å². The predicted molar refractivity (Wildman–Crippen MR) is 57.3 cm³/mol. The fraction of sp³-hybridized carbons (Fsp3) is 0.818. The molecule has 0 aromatic rings. The Morgan fingerprint density at radius 3 is 3.25 bits per heavy atom. The zero-order chi connectivity index (χ0) is 11.2. The first kappa shape index (κ1) is 10.1. The number of methoxy groups -OCH3 is 1. The van der Waals surface area contributed by atoms with Gasteiger partial charge in [0.15, 0.2) is 0 Å². The van der Waals surface area contributed by atoms with Gasteiger partial charge in [0.2, 0.25) is 0 Å². The fourth-order valence-corrected chi connectivity index (χ4v) is 2.73. The molecule has 2 fully saturated rings. The van der Waals surface area contributed by atoms with Crippen LogP contribution in [0.1, 0.15) is 19.3 Å². The summed E-state index contributed by atoms with van der Waals surface area (Å²) in [5.41, 5.74) is -0.0728. The van der Waals surface area contributed by atoms with Crippen LogP contribution in [-0.4, -0.2) is 55.2 Å². The quantitative estimate of drug-likeness (QED) is 0.597. The molecular weight excluding hydrogens is 208 g/mol. The Morgan fingerprint density at radius 1 is 1.69 bits per heavy atom. The Hall–Kier alpha value is -1.10. The monoisotopic (exact) mass is 224 g/mol. The summed E-state index contributed by atoms with van der Waals surface area (Å²) in [4.78, 5) is 18.3.